The molecule has 0 fully saturated rings. The van der Waals surface area contributed by atoms with E-state index in [1.807, 2.05) is 0 Å². The molecule has 0 spiro atoms. The lowest BCUT2D eigenvalue weighted by Crippen LogP contribution is -2.40. The summed E-state index contributed by atoms with van der Waals surface area (Å²) in [6, 6.07) is 0. The van der Waals surface area contributed by atoms with E-state index in [2.05, 4.69) is 17.6 Å². The van der Waals surface area contributed by atoms with Crippen LogP contribution in [0.1, 0.15) is 39.0 Å². The molecule has 0 saturated carbocycles. The molecule has 2 N–H and O–H groups in total. The monoisotopic (exact) mass is 244 g/mol. The van der Waals surface area contributed by atoms with Gasteiger partial charge < -0.3 is 15.4 Å². The zero-order valence-electron chi connectivity index (χ0n) is 10.9. The summed E-state index contributed by atoms with van der Waals surface area (Å²) in [5.74, 6) is -1.10. The van der Waals surface area contributed by atoms with Crippen LogP contribution in [0.15, 0.2) is 0 Å². The number of carbonyl (C=O) groups excluding carboxylic acids is 2. The Bertz CT molecular complexity index is 220. The molecular formula is C12H24N2O3. The van der Waals surface area contributed by atoms with E-state index in [-0.39, 0.29) is 0 Å². The van der Waals surface area contributed by atoms with Crippen LogP contribution in [0, 0.1) is 0 Å². The molecule has 0 aromatic carbocycles. The maximum absolute atomic E-state index is 11.3. The van der Waals surface area contributed by atoms with Gasteiger partial charge in [-0.15, -0.1) is 0 Å². The molecule has 0 atom stereocenters. The quantitative estimate of drug-likeness (QED) is 0.466. The van der Waals surface area contributed by atoms with Gasteiger partial charge in [0.2, 0.25) is 0 Å². The molecule has 5 nitrogen and oxygen atoms in total. The van der Waals surface area contributed by atoms with Gasteiger partial charge in [-0.1, -0.05) is 26.2 Å². The van der Waals surface area contributed by atoms with Crippen molar-refractivity contribution in [2.45, 2.75) is 39.0 Å². The third kappa shape index (κ3) is 9.81. The van der Waals surface area contributed by atoms with Crippen molar-refractivity contribution in [1.29, 1.82) is 0 Å². The van der Waals surface area contributed by atoms with Crippen molar-refractivity contribution in [2.24, 2.45) is 0 Å². The van der Waals surface area contributed by atoms with Gasteiger partial charge in [0, 0.05) is 26.8 Å². The Morgan fingerprint density at radius 3 is 2.06 bits per heavy atom. The lowest BCUT2D eigenvalue weighted by atomic mass is 10.2. The predicted molar refractivity (Wildman–Crippen MR) is 66.7 cm³/mol. The van der Waals surface area contributed by atoms with E-state index in [1.165, 1.54) is 6.42 Å². The van der Waals surface area contributed by atoms with Crippen LogP contribution in [0.4, 0.5) is 0 Å². The molecular weight excluding hydrogens is 220 g/mol. The summed E-state index contributed by atoms with van der Waals surface area (Å²) >= 11 is 0. The largest absolute Gasteiger partial charge is 0.385 e. The maximum atomic E-state index is 11.3. The Labute approximate surface area is 103 Å². The minimum atomic E-state index is -0.559. The smallest absolute Gasteiger partial charge is 0.309 e. The molecule has 17 heavy (non-hydrogen) atoms. The summed E-state index contributed by atoms with van der Waals surface area (Å²) in [5.41, 5.74) is 0. The summed E-state index contributed by atoms with van der Waals surface area (Å²) < 4.78 is 4.83. The Balaban J connectivity index is 3.44. The molecule has 0 aromatic heterocycles. The molecule has 0 unspecified atom stereocenters. The number of amides is 2. The second-order valence-corrected chi connectivity index (χ2v) is 3.92. The Morgan fingerprint density at radius 1 is 0.941 bits per heavy atom. The van der Waals surface area contributed by atoms with Crippen LogP contribution in [0.5, 0.6) is 0 Å². The topological polar surface area (TPSA) is 67.4 Å². The average Bonchev–Trinajstić information content (AvgIpc) is 2.34. The summed E-state index contributed by atoms with van der Waals surface area (Å²) in [7, 11) is 1.60. The molecule has 0 aliphatic heterocycles. The average molecular weight is 244 g/mol. The first-order chi connectivity index (χ1) is 8.22. The molecule has 0 radical (unpaired) electrons. The fourth-order valence-electron chi connectivity index (χ4n) is 1.33. The SMILES string of the molecule is CCCCCCNC(=O)C(=O)NCCCOC. The van der Waals surface area contributed by atoms with E-state index < -0.39 is 11.8 Å². The lowest BCUT2D eigenvalue weighted by Gasteiger charge is -2.06. The lowest BCUT2D eigenvalue weighted by molar-refractivity contribution is -0.139. The van der Waals surface area contributed by atoms with Gasteiger partial charge in [0.15, 0.2) is 0 Å². The van der Waals surface area contributed by atoms with Gasteiger partial charge in [-0.25, -0.2) is 0 Å². The number of rotatable bonds is 9. The highest BCUT2D eigenvalue weighted by molar-refractivity contribution is 6.35. The molecule has 0 rings (SSSR count). The molecule has 0 bridgehead atoms. The third-order valence-corrected chi connectivity index (χ3v) is 2.33. The maximum Gasteiger partial charge on any atom is 0.309 e. The van der Waals surface area contributed by atoms with Crippen LogP contribution in [-0.4, -0.2) is 38.6 Å². The van der Waals surface area contributed by atoms with Crippen molar-refractivity contribution in [2.75, 3.05) is 26.8 Å². The minimum Gasteiger partial charge on any atom is -0.385 e. The highest BCUT2D eigenvalue weighted by Gasteiger charge is 2.11. The van der Waals surface area contributed by atoms with E-state index in [0.29, 0.717) is 26.1 Å². The van der Waals surface area contributed by atoms with Crippen molar-refractivity contribution in [3.05, 3.63) is 0 Å². The van der Waals surface area contributed by atoms with E-state index >= 15 is 0 Å². The molecule has 0 saturated heterocycles. The highest BCUT2D eigenvalue weighted by atomic mass is 16.5. The Hall–Kier alpha value is -1.10. The molecule has 100 valence electrons. The first-order valence-corrected chi connectivity index (χ1v) is 6.27. The summed E-state index contributed by atoms with van der Waals surface area (Å²) in [6.07, 6.45) is 5.06. The molecule has 0 aliphatic carbocycles. The number of unbranched alkanes of at least 4 members (excludes halogenated alkanes) is 3. The fraction of sp³-hybridized carbons (Fsp3) is 0.833. The van der Waals surface area contributed by atoms with Gasteiger partial charge in [0.1, 0.15) is 0 Å². The van der Waals surface area contributed by atoms with Gasteiger partial charge in [0.25, 0.3) is 0 Å². The summed E-state index contributed by atoms with van der Waals surface area (Å²) in [5, 5.41) is 5.14. The van der Waals surface area contributed by atoms with Crippen LogP contribution in [0.3, 0.4) is 0 Å². The van der Waals surface area contributed by atoms with Crippen molar-refractivity contribution in [1.82, 2.24) is 10.6 Å². The number of carbonyl (C=O) groups is 2. The third-order valence-electron chi connectivity index (χ3n) is 2.33. The Morgan fingerprint density at radius 2 is 1.53 bits per heavy atom. The molecule has 0 aromatic rings. The van der Waals surface area contributed by atoms with Gasteiger partial charge >= 0.3 is 11.8 Å². The molecule has 5 heteroatoms. The first-order valence-electron chi connectivity index (χ1n) is 6.27. The number of methoxy groups -OCH3 is 1. The van der Waals surface area contributed by atoms with Crippen LogP contribution >= 0.6 is 0 Å². The van der Waals surface area contributed by atoms with Crippen molar-refractivity contribution in [3.8, 4) is 0 Å². The number of hydrogen-bond acceptors (Lipinski definition) is 3. The molecule has 0 heterocycles. The second-order valence-electron chi connectivity index (χ2n) is 3.92. The van der Waals surface area contributed by atoms with Gasteiger partial charge in [-0.05, 0) is 12.8 Å². The van der Waals surface area contributed by atoms with E-state index in [0.717, 1.165) is 19.3 Å². The normalized spacial score (nSPS) is 10.0. The van der Waals surface area contributed by atoms with Gasteiger partial charge in [-0.2, -0.15) is 0 Å². The fourth-order valence-corrected chi connectivity index (χ4v) is 1.33. The predicted octanol–water partition coefficient (Wildman–Crippen LogP) is 0.836. The second kappa shape index (κ2) is 11.4. The van der Waals surface area contributed by atoms with Crippen molar-refractivity contribution >= 4 is 11.8 Å². The van der Waals surface area contributed by atoms with Gasteiger partial charge in [0.05, 0.1) is 0 Å². The number of ether oxygens (including phenoxy) is 1. The van der Waals surface area contributed by atoms with E-state index in [9.17, 15) is 9.59 Å². The van der Waals surface area contributed by atoms with Gasteiger partial charge in [-0.3, -0.25) is 9.59 Å². The number of hydrogen-bond donors (Lipinski definition) is 2. The Kier molecular flexibility index (Phi) is 10.7. The minimum absolute atomic E-state index is 0.468. The van der Waals surface area contributed by atoms with E-state index in [1.54, 1.807) is 7.11 Å². The van der Waals surface area contributed by atoms with Crippen LogP contribution in [0.2, 0.25) is 0 Å². The first kappa shape index (κ1) is 15.9. The molecule has 0 aliphatic rings. The highest BCUT2D eigenvalue weighted by Crippen LogP contribution is 1.96. The van der Waals surface area contributed by atoms with E-state index in [4.69, 9.17) is 4.74 Å². The van der Waals surface area contributed by atoms with Crippen LogP contribution in [-0.2, 0) is 14.3 Å². The summed E-state index contributed by atoms with van der Waals surface area (Å²) in [4.78, 5) is 22.5. The summed E-state index contributed by atoms with van der Waals surface area (Å²) in [6.45, 7) is 3.76. The van der Waals surface area contributed by atoms with Crippen molar-refractivity contribution in [3.63, 3.8) is 0 Å². The zero-order valence-corrected chi connectivity index (χ0v) is 10.9. The standard InChI is InChI=1S/C12H24N2O3/c1-3-4-5-6-8-13-11(15)12(16)14-9-7-10-17-2/h3-10H2,1-2H3,(H,13,15)(H,14,16). The van der Waals surface area contributed by atoms with Crippen molar-refractivity contribution < 1.29 is 14.3 Å². The number of nitrogens with one attached hydrogen (secondary N) is 2. The van der Waals surface area contributed by atoms with Crippen LogP contribution in [0.25, 0.3) is 0 Å². The molecule has 2 amide bonds. The zero-order chi connectivity index (χ0) is 12.9. The van der Waals surface area contributed by atoms with Crippen LogP contribution < -0.4 is 10.6 Å².